The van der Waals surface area contributed by atoms with Gasteiger partial charge in [0.05, 0.1) is 4.92 Å². The Labute approximate surface area is 107 Å². The molecule has 0 radical (unpaired) electrons. The van der Waals surface area contributed by atoms with E-state index in [1.54, 1.807) is 19.1 Å². The molecular weight excluding hydrogens is 230 g/mol. The van der Waals surface area contributed by atoms with Crippen LogP contribution >= 0.6 is 0 Å². The second-order valence-electron chi connectivity index (χ2n) is 4.78. The number of nitro benzene ring substituents is 1. The van der Waals surface area contributed by atoms with E-state index in [0.29, 0.717) is 11.6 Å². The molecular formula is C13H19N3O2. The molecule has 0 spiro atoms. The van der Waals surface area contributed by atoms with Gasteiger partial charge in [-0.3, -0.25) is 10.1 Å². The Morgan fingerprint density at radius 2 is 2.22 bits per heavy atom. The minimum Gasteiger partial charge on any atom is -0.382 e. The Hall–Kier alpha value is -1.62. The van der Waals surface area contributed by atoms with Crippen molar-refractivity contribution < 1.29 is 4.92 Å². The van der Waals surface area contributed by atoms with Crippen LogP contribution in [0, 0.1) is 17.0 Å². The largest absolute Gasteiger partial charge is 0.382 e. The van der Waals surface area contributed by atoms with Gasteiger partial charge in [0.25, 0.3) is 5.69 Å². The average Bonchev–Trinajstić information content (AvgIpc) is 2.60. The van der Waals surface area contributed by atoms with Crippen LogP contribution < -0.4 is 10.6 Å². The van der Waals surface area contributed by atoms with Crippen LogP contribution in [-0.2, 0) is 0 Å². The fourth-order valence-corrected chi connectivity index (χ4v) is 2.30. The van der Waals surface area contributed by atoms with E-state index in [-0.39, 0.29) is 10.6 Å². The van der Waals surface area contributed by atoms with E-state index in [1.165, 1.54) is 0 Å². The lowest BCUT2D eigenvalue weighted by atomic mass is 10.1. The Morgan fingerprint density at radius 3 is 3.00 bits per heavy atom. The summed E-state index contributed by atoms with van der Waals surface area (Å²) in [7, 11) is 0. The number of hydrogen-bond donors (Lipinski definition) is 2. The molecule has 0 aliphatic carbocycles. The first-order chi connectivity index (χ1) is 8.66. The minimum absolute atomic E-state index is 0.187. The second-order valence-corrected chi connectivity index (χ2v) is 4.78. The Kier molecular flexibility index (Phi) is 4.15. The van der Waals surface area contributed by atoms with Gasteiger partial charge in [0.2, 0.25) is 0 Å². The van der Waals surface area contributed by atoms with Gasteiger partial charge in [-0.1, -0.05) is 6.07 Å². The Bertz CT molecular complexity index is 426. The smallest absolute Gasteiger partial charge is 0.274 e. The molecule has 2 rings (SSSR count). The van der Waals surface area contributed by atoms with Gasteiger partial charge in [-0.25, -0.2) is 0 Å². The summed E-state index contributed by atoms with van der Waals surface area (Å²) < 4.78 is 0. The van der Waals surface area contributed by atoms with Gasteiger partial charge in [-0.05, 0) is 45.3 Å². The molecule has 1 aromatic carbocycles. The monoisotopic (exact) mass is 249 g/mol. The van der Waals surface area contributed by atoms with Crippen molar-refractivity contribution in [2.24, 2.45) is 0 Å². The van der Waals surface area contributed by atoms with Gasteiger partial charge in [0.1, 0.15) is 0 Å². The van der Waals surface area contributed by atoms with Crippen molar-refractivity contribution in [1.82, 2.24) is 5.32 Å². The zero-order valence-electron chi connectivity index (χ0n) is 10.6. The SMILES string of the molecule is Cc1ccc(NC2CCCNCC2)cc1[N+](=O)[O-]. The lowest BCUT2D eigenvalue weighted by molar-refractivity contribution is -0.385. The van der Waals surface area contributed by atoms with E-state index in [9.17, 15) is 10.1 Å². The van der Waals surface area contributed by atoms with Gasteiger partial charge >= 0.3 is 0 Å². The molecule has 1 aromatic rings. The zero-order valence-corrected chi connectivity index (χ0v) is 10.6. The number of rotatable bonds is 3. The molecule has 2 N–H and O–H groups in total. The highest BCUT2D eigenvalue weighted by Gasteiger charge is 2.14. The van der Waals surface area contributed by atoms with E-state index in [4.69, 9.17) is 0 Å². The summed E-state index contributed by atoms with van der Waals surface area (Å²) in [4.78, 5) is 10.6. The third kappa shape index (κ3) is 3.20. The van der Waals surface area contributed by atoms with E-state index in [1.807, 2.05) is 6.07 Å². The number of nitrogens with one attached hydrogen (secondary N) is 2. The van der Waals surface area contributed by atoms with E-state index >= 15 is 0 Å². The third-order valence-electron chi connectivity index (χ3n) is 3.35. The molecule has 0 saturated carbocycles. The molecule has 0 aromatic heterocycles. The van der Waals surface area contributed by atoms with Crippen LogP contribution in [0.1, 0.15) is 24.8 Å². The molecule has 1 heterocycles. The first-order valence-electron chi connectivity index (χ1n) is 6.39. The van der Waals surface area contributed by atoms with Crippen molar-refractivity contribution in [2.75, 3.05) is 18.4 Å². The lowest BCUT2D eigenvalue weighted by Gasteiger charge is -2.17. The van der Waals surface area contributed by atoms with E-state index in [2.05, 4.69) is 10.6 Å². The van der Waals surface area contributed by atoms with Crippen molar-refractivity contribution in [3.63, 3.8) is 0 Å². The van der Waals surface area contributed by atoms with Crippen molar-refractivity contribution in [3.05, 3.63) is 33.9 Å². The predicted octanol–water partition coefficient (Wildman–Crippen LogP) is 2.46. The van der Waals surface area contributed by atoms with E-state index in [0.717, 1.165) is 38.0 Å². The quantitative estimate of drug-likeness (QED) is 0.638. The summed E-state index contributed by atoms with van der Waals surface area (Å²) in [5.41, 5.74) is 1.74. The van der Waals surface area contributed by atoms with Crippen molar-refractivity contribution in [1.29, 1.82) is 0 Å². The number of hydrogen-bond acceptors (Lipinski definition) is 4. The first-order valence-corrected chi connectivity index (χ1v) is 6.39. The zero-order chi connectivity index (χ0) is 13.0. The molecule has 0 bridgehead atoms. The highest BCUT2D eigenvalue weighted by atomic mass is 16.6. The number of anilines is 1. The molecule has 98 valence electrons. The van der Waals surface area contributed by atoms with Crippen LogP contribution in [0.3, 0.4) is 0 Å². The molecule has 1 fully saturated rings. The molecule has 18 heavy (non-hydrogen) atoms. The molecule has 1 unspecified atom stereocenters. The summed E-state index contributed by atoms with van der Waals surface area (Å²) in [5, 5.41) is 17.6. The molecule has 0 amide bonds. The molecule has 5 heteroatoms. The van der Waals surface area contributed by atoms with Crippen molar-refractivity contribution in [3.8, 4) is 0 Å². The van der Waals surface area contributed by atoms with Crippen LogP contribution in [0.5, 0.6) is 0 Å². The molecule has 1 saturated heterocycles. The maximum Gasteiger partial charge on any atom is 0.274 e. The minimum atomic E-state index is -0.324. The van der Waals surface area contributed by atoms with Crippen LogP contribution in [-0.4, -0.2) is 24.1 Å². The van der Waals surface area contributed by atoms with Gasteiger partial charge in [0, 0.05) is 23.4 Å². The van der Waals surface area contributed by atoms with Crippen molar-refractivity contribution >= 4 is 11.4 Å². The third-order valence-corrected chi connectivity index (χ3v) is 3.35. The van der Waals surface area contributed by atoms with Gasteiger partial charge < -0.3 is 10.6 Å². The number of aryl methyl sites for hydroxylation is 1. The summed E-state index contributed by atoms with van der Waals surface area (Å²) >= 11 is 0. The maximum absolute atomic E-state index is 10.9. The first kappa shape index (κ1) is 12.8. The fraction of sp³-hybridized carbons (Fsp3) is 0.538. The summed E-state index contributed by atoms with van der Waals surface area (Å²) in [5.74, 6) is 0. The normalized spacial score (nSPS) is 20.2. The Morgan fingerprint density at radius 1 is 1.39 bits per heavy atom. The number of nitro groups is 1. The van der Waals surface area contributed by atoms with Gasteiger partial charge in [-0.15, -0.1) is 0 Å². The number of nitrogens with zero attached hydrogens (tertiary/aromatic N) is 1. The Balaban J connectivity index is 2.08. The van der Waals surface area contributed by atoms with Crippen molar-refractivity contribution in [2.45, 2.75) is 32.2 Å². The van der Waals surface area contributed by atoms with Crippen LogP contribution in [0.4, 0.5) is 11.4 Å². The molecule has 5 nitrogen and oxygen atoms in total. The highest BCUT2D eigenvalue weighted by Crippen LogP contribution is 2.23. The standard InChI is InChI=1S/C13H19N3O2/c1-10-4-5-12(9-13(10)16(17)18)15-11-3-2-7-14-8-6-11/h4-5,9,11,14-15H,2-3,6-8H2,1H3. The predicted molar refractivity (Wildman–Crippen MR) is 72.0 cm³/mol. The van der Waals surface area contributed by atoms with Crippen LogP contribution in [0.15, 0.2) is 18.2 Å². The van der Waals surface area contributed by atoms with Crippen LogP contribution in [0.2, 0.25) is 0 Å². The van der Waals surface area contributed by atoms with Crippen LogP contribution in [0.25, 0.3) is 0 Å². The maximum atomic E-state index is 10.9. The summed E-state index contributed by atoms with van der Waals surface area (Å²) in [6, 6.07) is 5.76. The van der Waals surface area contributed by atoms with Gasteiger partial charge in [-0.2, -0.15) is 0 Å². The summed E-state index contributed by atoms with van der Waals surface area (Å²) in [6.45, 7) is 3.83. The topological polar surface area (TPSA) is 67.2 Å². The van der Waals surface area contributed by atoms with Gasteiger partial charge in [0.15, 0.2) is 0 Å². The molecule has 1 atom stereocenters. The fourth-order valence-electron chi connectivity index (χ4n) is 2.30. The lowest BCUT2D eigenvalue weighted by Crippen LogP contribution is -2.21. The molecule has 1 aliphatic heterocycles. The number of benzene rings is 1. The van der Waals surface area contributed by atoms with E-state index < -0.39 is 0 Å². The second kappa shape index (κ2) is 5.82. The highest BCUT2D eigenvalue weighted by molar-refractivity contribution is 5.55. The summed E-state index contributed by atoms with van der Waals surface area (Å²) in [6.07, 6.45) is 3.31. The average molecular weight is 249 g/mol. The molecule has 1 aliphatic rings.